The normalized spacial score (nSPS) is 18.5. The zero-order valence-electron chi connectivity index (χ0n) is 3.94. The van der Waals surface area contributed by atoms with Crippen LogP contribution in [0.4, 0.5) is 4.79 Å². The third-order valence-corrected chi connectivity index (χ3v) is 0.663. The van der Waals surface area contributed by atoms with Gasteiger partial charge in [-0.05, 0) is 0 Å². The zero-order valence-corrected chi connectivity index (χ0v) is 3.94. The van der Waals surface area contributed by atoms with E-state index in [-0.39, 0.29) is 11.4 Å². The van der Waals surface area contributed by atoms with Crippen LogP contribution in [0.3, 0.4) is 0 Å². The second-order valence-electron chi connectivity index (χ2n) is 1.21. The van der Waals surface area contributed by atoms with Crippen LogP contribution in [-0.4, -0.2) is 23.8 Å². The van der Waals surface area contributed by atoms with Crippen molar-refractivity contribution in [1.82, 2.24) is 5.32 Å². The number of hydrogen-bond donors (Lipinski definition) is 0. The monoisotopic (exact) mass is 113 g/mol. The van der Waals surface area contributed by atoms with E-state index in [9.17, 15) is 9.70 Å². The van der Waals surface area contributed by atoms with E-state index in [1.165, 1.54) is 0 Å². The maximum atomic E-state index is 10.1. The van der Waals surface area contributed by atoms with E-state index in [0.717, 1.165) is 6.34 Å². The summed E-state index contributed by atoms with van der Waals surface area (Å²) in [5.41, 5.74) is 0. The van der Waals surface area contributed by atoms with Gasteiger partial charge in [0.1, 0.15) is 0 Å². The maximum absolute atomic E-state index is 10.1. The summed E-state index contributed by atoms with van der Waals surface area (Å²) in [6, 6.07) is -0.778. The number of nitroso groups, excluding NO2 is 1. The molecule has 0 atom stereocenters. The van der Waals surface area contributed by atoms with Crippen molar-refractivity contribution < 1.29 is 9.55 Å². The Hall–Kier alpha value is -1.26. The molecule has 1 aliphatic rings. The lowest BCUT2D eigenvalue weighted by Crippen LogP contribution is -2.29. The minimum atomic E-state index is -0.778. The average Bonchev–Trinajstić information content (AvgIpc) is 1.77. The molecule has 5 nitrogen and oxygen atoms in total. The Labute approximate surface area is 45.0 Å². The lowest BCUT2D eigenvalue weighted by molar-refractivity contribution is -0.316. The minimum absolute atomic E-state index is 0.0809. The second kappa shape index (κ2) is 1.69. The van der Waals surface area contributed by atoms with Crippen LogP contribution in [0.15, 0.2) is 4.99 Å². The van der Waals surface area contributed by atoms with E-state index in [0.29, 0.717) is 0 Å². The molecule has 2 amide bonds. The molecule has 1 rings (SSSR count). The van der Waals surface area contributed by atoms with Gasteiger partial charge in [-0.3, -0.25) is 0 Å². The van der Waals surface area contributed by atoms with Crippen molar-refractivity contribution in [2.24, 2.45) is 4.99 Å². The van der Waals surface area contributed by atoms with Crippen LogP contribution in [0, 0.1) is 4.91 Å². The highest BCUT2D eigenvalue weighted by Crippen LogP contribution is 1.81. The Balaban J connectivity index is 2.75. The maximum Gasteiger partial charge on any atom is 0.515 e. The van der Waals surface area contributed by atoms with E-state index in [1.54, 1.807) is 0 Å². The molecule has 0 saturated carbocycles. The predicted octanol–water partition coefficient (Wildman–Crippen LogP) is -0.511. The molecule has 0 aromatic carbocycles. The summed E-state index contributed by atoms with van der Waals surface area (Å²) in [5, 5.41) is 3.19. The van der Waals surface area contributed by atoms with Crippen molar-refractivity contribution in [1.29, 1.82) is 0 Å². The molecule has 0 unspecified atom stereocenters. The summed E-state index contributed by atoms with van der Waals surface area (Å²) in [4.78, 5) is 23.7. The molecule has 0 bridgehead atoms. The Bertz CT molecular complexity index is 162. The molecule has 0 aliphatic carbocycles. The number of carbonyl (C=O) groups excluding carboxylic acids is 1. The Kier molecular flexibility index (Phi) is 1.03. The van der Waals surface area contributed by atoms with Crippen molar-refractivity contribution >= 4 is 12.4 Å². The number of urea groups is 1. The zero-order chi connectivity index (χ0) is 5.98. The molecule has 8 heavy (non-hydrogen) atoms. The van der Waals surface area contributed by atoms with Crippen molar-refractivity contribution in [3.63, 3.8) is 0 Å². The first-order valence-electron chi connectivity index (χ1n) is 1.98. The molecule has 0 saturated heterocycles. The second-order valence-corrected chi connectivity index (χ2v) is 1.21. The molecule has 5 heteroatoms. The van der Waals surface area contributed by atoms with Gasteiger partial charge in [-0.1, -0.05) is 10.2 Å². The van der Waals surface area contributed by atoms with Gasteiger partial charge in [-0.2, -0.15) is 0 Å². The molecule has 1 heterocycles. The number of aliphatic imine (C=N–C) groups is 1. The van der Waals surface area contributed by atoms with Gasteiger partial charge in [-0.25, -0.2) is 4.79 Å². The SMILES string of the molecule is O=C1[N]CN=C[N+]1=O. The highest BCUT2D eigenvalue weighted by Gasteiger charge is 2.21. The van der Waals surface area contributed by atoms with Crippen molar-refractivity contribution in [3.05, 3.63) is 4.91 Å². The number of carbonyl (C=O) groups is 1. The topological polar surface area (TPSA) is 63.6 Å². The fourth-order valence-electron chi connectivity index (χ4n) is 0.331. The standard InChI is InChI=1S/C3H3N3O2/c7-3-5-1-4-2-6(3)8/h2H,1H2/q+1. The van der Waals surface area contributed by atoms with Gasteiger partial charge in [0.15, 0.2) is 0 Å². The Morgan fingerprint density at radius 3 is 2.88 bits per heavy atom. The third-order valence-electron chi connectivity index (χ3n) is 0.663. The first-order chi connectivity index (χ1) is 3.80. The van der Waals surface area contributed by atoms with E-state index in [2.05, 4.69) is 10.3 Å². The van der Waals surface area contributed by atoms with Gasteiger partial charge in [0.2, 0.25) is 0 Å². The largest absolute Gasteiger partial charge is 0.515 e. The first-order valence-corrected chi connectivity index (χ1v) is 1.98. The molecule has 41 valence electrons. The van der Waals surface area contributed by atoms with Crippen LogP contribution in [0.1, 0.15) is 0 Å². The van der Waals surface area contributed by atoms with Crippen LogP contribution in [0.2, 0.25) is 0 Å². The highest BCUT2D eigenvalue weighted by atomic mass is 16.3. The van der Waals surface area contributed by atoms with Gasteiger partial charge in [0.05, 0.1) is 0 Å². The number of hydrogen-bond acceptors (Lipinski definition) is 3. The van der Waals surface area contributed by atoms with Crippen LogP contribution in [-0.2, 0) is 0 Å². The van der Waals surface area contributed by atoms with Gasteiger partial charge in [0.25, 0.3) is 13.0 Å². The van der Waals surface area contributed by atoms with Crippen LogP contribution in [0.5, 0.6) is 0 Å². The summed E-state index contributed by atoms with van der Waals surface area (Å²) in [6.07, 6.45) is 0.912. The summed E-state index contributed by atoms with van der Waals surface area (Å²) >= 11 is 0. The molecule has 1 aliphatic heterocycles. The molecule has 0 aromatic rings. The van der Waals surface area contributed by atoms with Crippen LogP contribution < -0.4 is 5.32 Å². The smallest absolute Gasteiger partial charge is 0.205 e. The van der Waals surface area contributed by atoms with E-state index in [1.807, 2.05) is 0 Å². The van der Waals surface area contributed by atoms with E-state index >= 15 is 0 Å². The fraction of sp³-hybridized carbons (Fsp3) is 0.333. The van der Waals surface area contributed by atoms with E-state index < -0.39 is 6.03 Å². The van der Waals surface area contributed by atoms with Crippen molar-refractivity contribution in [3.8, 4) is 0 Å². The molecule has 0 N–H and O–H groups in total. The predicted molar refractivity (Wildman–Crippen MR) is 24.5 cm³/mol. The van der Waals surface area contributed by atoms with Gasteiger partial charge in [0, 0.05) is 4.76 Å². The van der Waals surface area contributed by atoms with Crippen LogP contribution >= 0.6 is 0 Å². The van der Waals surface area contributed by atoms with Crippen molar-refractivity contribution in [2.45, 2.75) is 0 Å². The Morgan fingerprint density at radius 1 is 1.75 bits per heavy atom. The minimum Gasteiger partial charge on any atom is -0.205 e. The van der Waals surface area contributed by atoms with Gasteiger partial charge >= 0.3 is 6.03 Å². The van der Waals surface area contributed by atoms with Gasteiger partial charge < -0.3 is 0 Å². The molecule has 0 spiro atoms. The fourth-order valence-corrected chi connectivity index (χ4v) is 0.331. The first kappa shape index (κ1) is 4.89. The lowest BCUT2D eigenvalue weighted by atomic mass is 10.8. The third kappa shape index (κ3) is 0.699. The summed E-state index contributed by atoms with van der Waals surface area (Å²) < 4.78 is 0.0868. The number of rotatable bonds is 0. The summed E-state index contributed by atoms with van der Waals surface area (Å²) in [5.74, 6) is 0. The number of nitrogens with zero attached hydrogens (tertiary/aromatic N) is 3. The molecule has 0 aromatic heterocycles. The van der Waals surface area contributed by atoms with Crippen LogP contribution in [0.25, 0.3) is 0 Å². The molecular weight excluding hydrogens is 110 g/mol. The van der Waals surface area contributed by atoms with E-state index in [4.69, 9.17) is 0 Å². The molecular formula is C3H3N3O2+. The lowest BCUT2D eigenvalue weighted by Gasteiger charge is -1.87. The van der Waals surface area contributed by atoms with Gasteiger partial charge in [-0.15, -0.1) is 4.99 Å². The summed E-state index contributed by atoms with van der Waals surface area (Å²) in [6.45, 7) is 0.0809. The highest BCUT2D eigenvalue weighted by molar-refractivity contribution is 5.73. The Morgan fingerprint density at radius 2 is 2.50 bits per heavy atom. The quantitative estimate of drug-likeness (QED) is 0.397. The molecule has 0 fully saturated rings. The summed E-state index contributed by atoms with van der Waals surface area (Å²) in [7, 11) is 0. The average molecular weight is 113 g/mol. The van der Waals surface area contributed by atoms with Crippen molar-refractivity contribution in [2.75, 3.05) is 6.67 Å². The number of amides is 2. The molecule has 1 radical (unpaired) electrons.